The van der Waals surface area contributed by atoms with Gasteiger partial charge in [0.05, 0.1) is 0 Å². The molecule has 0 saturated carbocycles. The molecule has 0 heterocycles. The molecule has 1 aromatic carbocycles. The van der Waals surface area contributed by atoms with Crippen LogP contribution in [-0.4, -0.2) is 21.9 Å². The largest absolute Gasteiger partial charge is 0.550 e. The van der Waals surface area contributed by atoms with E-state index >= 15 is 0 Å². The molecule has 0 N–H and O–H groups in total. The second-order valence-corrected chi connectivity index (χ2v) is 9.14. The Kier molecular flexibility index (Phi) is 7.80. The summed E-state index contributed by atoms with van der Waals surface area (Å²) in [5, 5.41) is 9.90. The van der Waals surface area contributed by atoms with Crippen LogP contribution in [0.3, 0.4) is 0 Å². The first-order valence-corrected chi connectivity index (χ1v) is 9.16. The smallest absolute Gasteiger partial charge is 0.421 e. The minimum atomic E-state index is -5.11. The Morgan fingerprint density at radius 1 is 1.00 bits per heavy atom. The highest BCUT2D eigenvalue weighted by molar-refractivity contribution is 6.49. The Morgan fingerprint density at radius 3 is 1.76 bits per heavy atom. The number of aliphatic carboxylic acids is 1. The third-order valence-electron chi connectivity index (χ3n) is 4.82. The Hall–Kier alpha value is -0.930. The molecule has 0 aliphatic heterocycles. The van der Waals surface area contributed by atoms with Crippen LogP contribution in [0.5, 0.6) is 0 Å². The molecule has 0 spiro atoms. The summed E-state index contributed by atoms with van der Waals surface area (Å²) in [6, 6.07) is 0. The van der Waals surface area contributed by atoms with Gasteiger partial charge in [-0.1, -0.05) is 37.0 Å². The van der Waals surface area contributed by atoms with Gasteiger partial charge in [-0.2, -0.15) is 13.2 Å². The number of carbonyl (C=O) groups excluding carboxylic acids is 1. The number of rotatable bonds is 7. The van der Waals surface area contributed by atoms with Gasteiger partial charge in [-0.3, -0.25) is 0 Å². The van der Waals surface area contributed by atoms with E-state index in [1.807, 2.05) is 0 Å². The molecule has 1 rings (SSSR count). The lowest BCUT2D eigenvalue weighted by molar-refractivity contribution is -0.315. The van der Waals surface area contributed by atoms with Gasteiger partial charge in [-0.15, -0.1) is 11.6 Å². The van der Waals surface area contributed by atoms with Crippen LogP contribution in [0.15, 0.2) is 0 Å². The molecule has 166 valence electrons. The Morgan fingerprint density at radius 2 is 1.41 bits per heavy atom. The summed E-state index contributed by atoms with van der Waals surface area (Å²) in [5.74, 6) is -11.0. The highest BCUT2D eigenvalue weighted by atomic mass is 35.5. The Labute approximate surface area is 176 Å². The van der Waals surface area contributed by atoms with Gasteiger partial charge in [0.15, 0.2) is 23.3 Å². The fraction of sp³-hybridized carbons (Fsp3) is 0.588. The molecular weight excluding hydrogens is 476 g/mol. The van der Waals surface area contributed by atoms with Crippen molar-refractivity contribution in [2.45, 2.75) is 49.5 Å². The number of carbonyl (C=O) groups is 1. The van der Waals surface area contributed by atoms with Crippen molar-refractivity contribution in [1.29, 1.82) is 0 Å². The highest BCUT2D eigenvalue weighted by Crippen LogP contribution is 2.48. The molecule has 29 heavy (non-hydrogen) atoms. The van der Waals surface area contributed by atoms with Crippen LogP contribution in [0.4, 0.5) is 30.7 Å². The molecular formula is C17H15Cl3F7O2-. The maximum Gasteiger partial charge on any atom is 0.421 e. The van der Waals surface area contributed by atoms with Gasteiger partial charge in [0.1, 0.15) is 0 Å². The summed E-state index contributed by atoms with van der Waals surface area (Å²) in [6.07, 6.45) is -7.44. The number of carboxylic acid groups (broad SMARTS) is 1. The summed E-state index contributed by atoms with van der Waals surface area (Å²) in [4.78, 5) is 11.6. The van der Waals surface area contributed by atoms with Crippen molar-refractivity contribution in [3.05, 3.63) is 34.4 Å². The minimum absolute atomic E-state index is 0.771. The third-order valence-corrected chi connectivity index (χ3v) is 6.28. The molecule has 0 aromatic heterocycles. The molecule has 2 nitrogen and oxygen atoms in total. The van der Waals surface area contributed by atoms with E-state index in [0.717, 1.165) is 20.8 Å². The van der Waals surface area contributed by atoms with E-state index < -0.39 is 80.4 Å². The zero-order valence-electron chi connectivity index (χ0n) is 15.2. The van der Waals surface area contributed by atoms with Crippen molar-refractivity contribution in [2.75, 3.05) is 0 Å². The van der Waals surface area contributed by atoms with Gasteiger partial charge in [-0.25, -0.2) is 17.6 Å². The standard InChI is InChI=1S/C17H16Cl3F7O2/c1-6-10(21)12(23)7(13(24)11(6)22)4-8(14(28)29)15(2,3)9(18)5-16(19,20)17(25,26)27/h8-9H,4-5H2,1-3H3,(H,28,29)/p-1. The van der Waals surface area contributed by atoms with Crippen LogP contribution in [0.1, 0.15) is 31.4 Å². The number of benzene rings is 1. The van der Waals surface area contributed by atoms with Gasteiger partial charge in [-0.05, 0) is 18.8 Å². The SMILES string of the molecule is Cc1c(F)c(F)c(CC(C(=O)[O-])C(C)(C)C(Cl)CC(Cl)(Cl)C(F)(F)F)c(F)c1F. The molecule has 0 amide bonds. The van der Waals surface area contributed by atoms with Crippen molar-refractivity contribution in [1.82, 2.24) is 0 Å². The van der Waals surface area contributed by atoms with E-state index in [4.69, 9.17) is 34.8 Å². The summed E-state index contributed by atoms with van der Waals surface area (Å²) in [5.41, 5.74) is -4.05. The van der Waals surface area contributed by atoms with Crippen molar-refractivity contribution < 1.29 is 40.6 Å². The average molecular weight is 491 g/mol. The van der Waals surface area contributed by atoms with Crippen molar-refractivity contribution >= 4 is 40.8 Å². The van der Waals surface area contributed by atoms with E-state index in [1.165, 1.54) is 0 Å². The van der Waals surface area contributed by atoms with Crippen molar-refractivity contribution in [3.63, 3.8) is 0 Å². The first-order chi connectivity index (χ1) is 12.9. The van der Waals surface area contributed by atoms with E-state index in [0.29, 0.717) is 0 Å². The summed E-state index contributed by atoms with van der Waals surface area (Å²) in [6.45, 7) is 2.91. The van der Waals surface area contributed by atoms with E-state index in [2.05, 4.69) is 0 Å². The zero-order chi connectivity index (χ0) is 23.1. The van der Waals surface area contributed by atoms with Crippen molar-refractivity contribution in [2.24, 2.45) is 11.3 Å². The van der Waals surface area contributed by atoms with Gasteiger partial charge in [0.25, 0.3) is 0 Å². The molecule has 0 aliphatic carbocycles. The third kappa shape index (κ3) is 5.22. The van der Waals surface area contributed by atoms with E-state index in [9.17, 15) is 40.6 Å². The predicted octanol–water partition coefficient (Wildman–Crippen LogP) is 5.22. The number of carboxylic acids is 1. The normalized spacial score (nSPS) is 15.3. The predicted molar refractivity (Wildman–Crippen MR) is 91.7 cm³/mol. The molecule has 0 radical (unpaired) electrons. The van der Waals surface area contributed by atoms with Crippen LogP contribution in [0.25, 0.3) is 0 Å². The summed E-state index contributed by atoms with van der Waals surface area (Å²) < 4.78 is 91.1. The molecule has 1 aromatic rings. The van der Waals surface area contributed by atoms with E-state index in [-0.39, 0.29) is 0 Å². The second-order valence-electron chi connectivity index (χ2n) is 7.13. The van der Waals surface area contributed by atoms with Crippen LogP contribution >= 0.6 is 34.8 Å². The fourth-order valence-electron chi connectivity index (χ4n) is 2.64. The summed E-state index contributed by atoms with van der Waals surface area (Å²) in [7, 11) is 0. The van der Waals surface area contributed by atoms with Gasteiger partial charge >= 0.3 is 6.18 Å². The summed E-state index contributed by atoms with van der Waals surface area (Å²) >= 11 is 16.4. The van der Waals surface area contributed by atoms with Crippen LogP contribution in [-0.2, 0) is 11.2 Å². The quantitative estimate of drug-likeness (QED) is 0.299. The Balaban J connectivity index is 3.36. The number of hydrogen-bond donors (Lipinski definition) is 0. The lowest BCUT2D eigenvalue weighted by atomic mass is 9.71. The van der Waals surface area contributed by atoms with Gasteiger partial charge in [0, 0.05) is 34.8 Å². The highest BCUT2D eigenvalue weighted by Gasteiger charge is 2.55. The number of alkyl halides is 6. The maximum absolute atomic E-state index is 14.1. The topological polar surface area (TPSA) is 40.1 Å². The van der Waals surface area contributed by atoms with Crippen LogP contribution < -0.4 is 5.11 Å². The molecule has 0 saturated heterocycles. The van der Waals surface area contributed by atoms with Gasteiger partial charge < -0.3 is 9.90 Å². The van der Waals surface area contributed by atoms with Crippen LogP contribution in [0, 0.1) is 41.5 Å². The molecule has 2 unspecified atom stereocenters. The molecule has 0 fully saturated rings. The fourth-order valence-corrected chi connectivity index (χ4v) is 3.49. The zero-order valence-corrected chi connectivity index (χ0v) is 17.4. The Bertz CT molecular complexity index is 765. The minimum Gasteiger partial charge on any atom is -0.550 e. The monoisotopic (exact) mass is 489 g/mol. The molecule has 0 bridgehead atoms. The van der Waals surface area contributed by atoms with Crippen LogP contribution in [0.2, 0.25) is 0 Å². The number of hydrogen-bond acceptors (Lipinski definition) is 2. The van der Waals surface area contributed by atoms with Gasteiger partial charge in [0.2, 0.25) is 4.33 Å². The lowest BCUT2D eigenvalue weighted by Crippen LogP contribution is -2.48. The average Bonchev–Trinajstić information content (AvgIpc) is 2.56. The second kappa shape index (κ2) is 8.67. The first kappa shape index (κ1) is 26.1. The van der Waals surface area contributed by atoms with Crippen molar-refractivity contribution in [3.8, 4) is 0 Å². The molecule has 0 aliphatic rings. The first-order valence-electron chi connectivity index (χ1n) is 7.97. The lowest BCUT2D eigenvalue weighted by Gasteiger charge is -2.41. The molecule has 2 atom stereocenters. The molecule has 12 heteroatoms. The number of halogens is 10. The van der Waals surface area contributed by atoms with E-state index in [1.54, 1.807) is 0 Å². The maximum atomic E-state index is 14.1.